The number of halogens is 2. The first kappa shape index (κ1) is 27.0. The zero-order chi connectivity index (χ0) is 27.1. The number of allylic oxidation sites excluding steroid dienone is 2. The van der Waals surface area contributed by atoms with Crippen LogP contribution in [0.3, 0.4) is 0 Å². The van der Waals surface area contributed by atoms with E-state index in [0.717, 1.165) is 24.0 Å². The fraction of sp³-hybridized carbons (Fsp3) is 0.179. The molecule has 0 saturated heterocycles. The second-order valence-corrected chi connectivity index (χ2v) is 9.65. The molecule has 0 bridgehead atoms. The van der Waals surface area contributed by atoms with E-state index in [9.17, 15) is 9.59 Å². The molecule has 10 heteroatoms. The van der Waals surface area contributed by atoms with Crippen LogP contribution in [0.25, 0.3) is 5.57 Å². The molecule has 0 aromatic heterocycles. The monoisotopic (exact) mass is 548 g/mol. The number of urea groups is 1. The summed E-state index contributed by atoms with van der Waals surface area (Å²) in [5, 5.41) is 6.62. The van der Waals surface area contributed by atoms with Crippen molar-refractivity contribution in [3.63, 3.8) is 0 Å². The van der Waals surface area contributed by atoms with Gasteiger partial charge in [0, 0.05) is 27.0 Å². The predicted octanol–water partition coefficient (Wildman–Crippen LogP) is 7.68. The van der Waals surface area contributed by atoms with Gasteiger partial charge in [-0.15, -0.1) is 5.11 Å². The highest BCUT2D eigenvalue weighted by Crippen LogP contribution is 2.29. The van der Waals surface area contributed by atoms with Gasteiger partial charge in [0.15, 0.2) is 0 Å². The number of nitrogens with one attached hydrogen (secondary N) is 2. The fourth-order valence-corrected chi connectivity index (χ4v) is 4.71. The Morgan fingerprint density at radius 1 is 0.974 bits per heavy atom. The molecule has 38 heavy (non-hydrogen) atoms. The summed E-state index contributed by atoms with van der Waals surface area (Å²) in [5.74, 6) is -1.03. The molecule has 0 radical (unpaired) electrons. The Kier molecular flexibility index (Phi) is 8.89. The van der Waals surface area contributed by atoms with Gasteiger partial charge in [-0.1, -0.05) is 53.5 Å². The minimum Gasteiger partial charge on any atom is -0.366 e. The van der Waals surface area contributed by atoms with E-state index < -0.39 is 11.9 Å². The summed E-state index contributed by atoms with van der Waals surface area (Å²) in [6.45, 7) is 0.226. The minimum absolute atomic E-state index is 0.226. The first-order valence-electron chi connectivity index (χ1n) is 12.0. The van der Waals surface area contributed by atoms with Crippen LogP contribution in [-0.4, -0.2) is 17.9 Å². The van der Waals surface area contributed by atoms with Crippen LogP contribution in [0.1, 0.15) is 47.2 Å². The summed E-state index contributed by atoms with van der Waals surface area (Å²) in [4.78, 5) is 30.8. The van der Waals surface area contributed by atoms with Crippen molar-refractivity contribution in [3.8, 4) is 0 Å². The molecule has 3 aromatic rings. The van der Waals surface area contributed by atoms with Crippen molar-refractivity contribution in [3.05, 3.63) is 99.5 Å². The van der Waals surface area contributed by atoms with E-state index in [1.165, 1.54) is 18.4 Å². The van der Waals surface area contributed by atoms with Crippen LogP contribution < -0.4 is 16.0 Å². The number of hydrogen-bond acceptors (Lipinski definition) is 3. The van der Waals surface area contributed by atoms with E-state index in [1.807, 2.05) is 24.3 Å². The maximum Gasteiger partial charge on any atom is 0.326 e. The normalized spacial score (nSPS) is 13.4. The number of nitrogens with two attached hydrogens (primary N) is 1. The van der Waals surface area contributed by atoms with Gasteiger partial charge in [-0.2, -0.15) is 4.99 Å². The van der Waals surface area contributed by atoms with E-state index in [2.05, 4.69) is 21.5 Å². The molecule has 0 heterocycles. The molecule has 8 nitrogen and oxygen atoms in total. The van der Waals surface area contributed by atoms with Gasteiger partial charge < -0.3 is 11.1 Å². The first-order chi connectivity index (χ1) is 18.3. The number of amides is 3. The van der Waals surface area contributed by atoms with Gasteiger partial charge in [0.05, 0.1) is 6.54 Å². The van der Waals surface area contributed by atoms with Crippen molar-refractivity contribution in [2.24, 2.45) is 15.8 Å². The lowest BCUT2D eigenvalue weighted by Crippen LogP contribution is -2.34. The maximum atomic E-state index is 13.5. The zero-order valence-corrected chi connectivity index (χ0v) is 22.0. The highest BCUT2D eigenvalue weighted by Gasteiger charge is 2.18. The Morgan fingerprint density at radius 3 is 2.26 bits per heavy atom. The molecule has 0 fully saturated rings. The molecule has 194 valence electrons. The second-order valence-electron chi connectivity index (χ2n) is 8.78. The molecule has 1 aliphatic rings. The molecule has 4 N–H and O–H groups in total. The molecular formula is C28H26Cl2N6O2. The number of aliphatic imine (C=N–C) groups is 1. The number of nitrogens with zero attached hydrogens (tertiary/aromatic N) is 3. The number of anilines is 2. The molecule has 0 saturated carbocycles. The van der Waals surface area contributed by atoms with E-state index in [-0.39, 0.29) is 18.1 Å². The van der Waals surface area contributed by atoms with Crippen molar-refractivity contribution < 1.29 is 9.59 Å². The zero-order valence-electron chi connectivity index (χ0n) is 20.5. The number of benzene rings is 3. The van der Waals surface area contributed by atoms with Gasteiger partial charge in [-0.25, -0.2) is 10.3 Å². The summed E-state index contributed by atoms with van der Waals surface area (Å²) in [7, 11) is 0. The smallest absolute Gasteiger partial charge is 0.326 e. The van der Waals surface area contributed by atoms with E-state index in [1.54, 1.807) is 47.4 Å². The Balaban J connectivity index is 1.60. The molecule has 0 atom stereocenters. The molecule has 4 rings (SSSR count). The average Bonchev–Trinajstić information content (AvgIpc) is 2.92. The van der Waals surface area contributed by atoms with E-state index in [0.29, 0.717) is 21.4 Å². The molecule has 0 spiro atoms. The molecule has 3 aromatic carbocycles. The Hall–Kier alpha value is -4.01. The van der Waals surface area contributed by atoms with Crippen molar-refractivity contribution in [2.45, 2.75) is 32.2 Å². The summed E-state index contributed by atoms with van der Waals surface area (Å²) < 4.78 is 0. The predicted molar refractivity (Wildman–Crippen MR) is 152 cm³/mol. The van der Waals surface area contributed by atoms with Gasteiger partial charge in [0.2, 0.25) is 5.96 Å². The Morgan fingerprint density at radius 2 is 1.66 bits per heavy atom. The van der Waals surface area contributed by atoms with Crippen LogP contribution in [0.15, 0.2) is 82.9 Å². The van der Waals surface area contributed by atoms with Crippen LogP contribution >= 0.6 is 23.2 Å². The average molecular weight is 549 g/mol. The lowest BCUT2D eigenvalue weighted by Gasteiger charge is -2.24. The third-order valence-corrected chi connectivity index (χ3v) is 6.51. The third kappa shape index (κ3) is 7.06. The molecular weight excluding hydrogens is 523 g/mol. The highest BCUT2D eigenvalue weighted by molar-refractivity contribution is 6.35. The fourth-order valence-electron chi connectivity index (χ4n) is 4.18. The second kappa shape index (κ2) is 12.5. The van der Waals surface area contributed by atoms with Crippen molar-refractivity contribution in [1.82, 2.24) is 0 Å². The van der Waals surface area contributed by atoms with Gasteiger partial charge >= 0.3 is 6.03 Å². The van der Waals surface area contributed by atoms with E-state index in [4.69, 9.17) is 34.5 Å². The van der Waals surface area contributed by atoms with Crippen molar-refractivity contribution in [2.75, 3.05) is 10.2 Å². The van der Waals surface area contributed by atoms with Crippen molar-refractivity contribution >= 4 is 58.0 Å². The number of hydrogen-bond donors (Lipinski definition) is 3. The Labute approximate surface area is 230 Å². The lowest BCUT2D eigenvalue weighted by atomic mass is 9.93. The van der Waals surface area contributed by atoms with Crippen LogP contribution in [-0.2, 0) is 6.54 Å². The molecule has 3 amide bonds. The number of carbonyl (C=O) groups excluding carboxylic acids is 2. The largest absolute Gasteiger partial charge is 0.366 e. The highest BCUT2D eigenvalue weighted by atomic mass is 35.5. The lowest BCUT2D eigenvalue weighted by molar-refractivity contribution is 0.100. The quantitative estimate of drug-likeness (QED) is 0.166. The summed E-state index contributed by atoms with van der Waals surface area (Å²) in [6.07, 6.45) is 6.81. The van der Waals surface area contributed by atoms with Gasteiger partial charge in [-0.3, -0.25) is 9.69 Å². The number of guanidine groups is 1. The van der Waals surface area contributed by atoms with Crippen molar-refractivity contribution in [1.29, 1.82) is 5.53 Å². The minimum atomic E-state index is -0.606. The standard InChI is InChI=1S/C28H26Cl2N6O2/c29-22-14-23(30)16-24(15-22)33-28(38)36(25-12-10-20(11-13-25)19-4-2-1-3-5-19)17-18-6-8-21(9-7-18)26(37)34-27(31)35-32/h4,6-16,32H,1-3,5,17H2,(H,33,38)(H2,31,34,37). The molecule has 0 unspecified atom stereocenters. The van der Waals surface area contributed by atoms with Gasteiger partial charge in [0.25, 0.3) is 5.91 Å². The van der Waals surface area contributed by atoms with Crippen LogP contribution in [0.5, 0.6) is 0 Å². The maximum absolute atomic E-state index is 13.5. The van der Waals surface area contributed by atoms with E-state index >= 15 is 0 Å². The van der Waals surface area contributed by atoms with Gasteiger partial charge in [-0.05, 0) is 84.8 Å². The van der Waals surface area contributed by atoms with Crippen LogP contribution in [0.2, 0.25) is 10.0 Å². The van der Waals surface area contributed by atoms with Crippen LogP contribution in [0.4, 0.5) is 16.2 Å². The SMILES string of the molecule is N=NC(N)=NC(=O)c1ccc(CN(C(=O)Nc2cc(Cl)cc(Cl)c2)c2ccc(C3=CCCCC3)cc2)cc1. The molecule has 1 aliphatic carbocycles. The summed E-state index contributed by atoms with van der Waals surface area (Å²) in [6, 6.07) is 19.0. The van der Waals surface area contributed by atoms with Crippen LogP contribution in [0, 0.1) is 5.53 Å². The number of carbonyl (C=O) groups is 2. The number of rotatable bonds is 6. The first-order valence-corrected chi connectivity index (χ1v) is 12.8. The summed E-state index contributed by atoms with van der Waals surface area (Å²) in [5.41, 5.74) is 16.9. The topological polar surface area (TPSA) is 124 Å². The van der Waals surface area contributed by atoms with Gasteiger partial charge in [0.1, 0.15) is 0 Å². The molecule has 0 aliphatic heterocycles. The third-order valence-electron chi connectivity index (χ3n) is 6.07. The Bertz CT molecular complexity index is 1380. The summed E-state index contributed by atoms with van der Waals surface area (Å²) >= 11 is 12.2.